The molecule has 3 nitrogen and oxygen atoms in total. The van der Waals surface area contributed by atoms with Crippen molar-refractivity contribution in [2.75, 3.05) is 7.11 Å². The maximum atomic E-state index is 5.34. The van der Waals surface area contributed by atoms with E-state index in [0.717, 1.165) is 33.9 Å². The SMILES string of the molecule is CCc1nc(Br)cc(-c2ccccc2OC)n1. The summed E-state index contributed by atoms with van der Waals surface area (Å²) in [5, 5.41) is 0. The molecule has 0 radical (unpaired) electrons. The van der Waals surface area contributed by atoms with Crippen LogP contribution in [0.2, 0.25) is 0 Å². The van der Waals surface area contributed by atoms with Crippen LogP contribution >= 0.6 is 15.9 Å². The van der Waals surface area contributed by atoms with Crippen LogP contribution in [0.15, 0.2) is 34.9 Å². The number of aromatic nitrogens is 2. The molecule has 88 valence electrons. The highest BCUT2D eigenvalue weighted by molar-refractivity contribution is 9.10. The zero-order valence-electron chi connectivity index (χ0n) is 9.77. The molecule has 2 rings (SSSR count). The average Bonchev–Trinajstić information content (AvgIpc) is 2.37. The van der Waals surface area contributed by atoms with Gasteiger partial charge in [0.25, 0.3) is 0 Å². The summed E-state index contributed by atoms with van der Waals surface area (Å²) in [5.41, 5.74) is 1.86. The van der Waals surface area contributed by atoms with Gasteiger partial charge in [-0.05, 0) is 34.1 Å². The van der Waals surface area contributed by atoms with Gasteiger partial charge in [0.15, 0.2) is 0 Å². The van der Waals surface area contributed by atoms with E-state index >= 15 is 0 Å². The zero-order chi connectivity index (χ0) is 12.3. The lowest BCUT2D eigenvalue weighted by molar-refractivity contribution is 0.416. The van der Waals surface area contributed by atoms with Crippen LogP contribution in [0, 0.1) is 0 Å². The van der Waals surface area contributed by atoms with Gasteiger partial charge in [0.1, 0.15) is 16.2 Å². The molecule has 0 fully saturated rings. The van der Waals surface area contributed by atoms with E-state index in [0.29, 0.717) is 0 Å². The van der Waals surface area contributed by atoms with Crippen molar-refractivity contribution in [3.05, 3.63) is 40.8 Å². The van der Waals surface area contributed by atoms with Gasteiger partial charge in [-0.1, -0.05) is 19.1 Å². The molecular weight excluding hydrogens is 280 g/mol. The Morgan fingerprint density at radius 2 is 2.00 bits per heavy atom. The molecule has 0 atom stereocenters. The topological polar surface area (TPSA) is 35.0 Å². The molecule has 0 saturated heterocycles. The zero-order valence-corrected chi connectivity index (χ0v) is 11.4. The summed E-state index contributed by atoms with van der Waals surface area (Å²) in [4.78, 5) is 8.81. The fourth-order valence-corrected chi connectivity index (χ4v) is 2.04. The molecule has 0 N–H and O–H groups in total. The number of aryl methyl sites for hydroxylation is 1. The minimum atomic E-state index is 0.797. The minimum Gasteiger partial charge on any atom is -0.496 e. The van der Waals surface area contributed by atoms with E-state index in [1.165, 1.54) is 0 Å². The summed E-state index contributed by atoms with van der Waals surface area (Å²) in [5.74, 6) is 1.64. The standard InChI is InChI=1S/C13H13BrN2O/c1-3-13-15-10(8-12(14)16-13)9-6-4-5-7-11(9)17-2/h4-8H,3H2,1-2H3. The highest BCUT2D eigenvalue weighted by Gasteiger charge is 2.08. The van der Waals surface area contributed by atoms with Gasteiger partial charge in [-0.3, -0.25) is 0 Å². The number of nitrogens with zero attached hydrogens (tertiary/aromatic N) is 2. The smallest absolute Gasteiger partial charge is 0.130 e. The summed E-state index contributed by atoms with van der Waals surface area (Å²) in [7, 11) is 1.66. The molecule has 1 heterocycles. The van der Waals surface area contributed by atoms with Gasteiger partial charge in [-0.2, -0.15) is 0 Å². The number of para-hydroxylation sites is 1. The van der Waals surface area contributed by atoms with E-state index in [9.17, 15) is 0 Å². The Bertz CT molecular complexity index is 529. The Morgan fingerprint density at radius 1 is 1.24 bits per heavy atom. The summed E-state index contributed by atoms with van der Waals surface area (Å²) < 4.78 is 6.13. The molecule has 0 saturated carbocycles. The first-order valence-electron chi connectivity index (χ1n) is 5.41. The third-order valence-corrected chi connectivity index (χ3v) is 2.85. The lowest BCUT2D eigenvalue weighted by Gasteiger charge is -2.08. The number of hydrogen-bond acceptors (Lipinski definition) is 3. The maximum absolute atomic E-state index is 5.34. The molecule has 17 heavy (non-hydrogen) atoms. The van der Waals surface area contributed by atoms with E-state index in [4.69, 9.17) is 4.74 Å². The van der Waals surface area contributed by atoms with Gasteiger partial charge in [0.2, 0.25) is 0 Å². The first-order valence-corrected chi connectivity index (χ1v) is 6.20. The quantitative estimate of drug-likeness (QED) is 0.813. The second-order valence-corrected chi connectivity index (χ2v) is 4.36. The molecule has 0 unspecified atom stereocenters. The second-order valence-electron chi connectivity index (χ2n) is 3.55. The molecule has 0 aliphatic carbocycles. The highest BCUT2D eigenvalue weighted by atomic mass is 79.9. The molecule has 0 spiro atoms. The number of halogens is 1. The van der Waals surface area contributed by atoms with Crippen molar-refractivity contribution < 1.29 is 4.74 Å². The fourth-order valence-electron chi connectivity index (χ4n) is 1.62. The summed E-state index contributed by atoms with van der Waals surface area (Å²) in [6.45, 7) is 2.04. The lowest BCUT2D eigenvalue weighted by Crippen LogP contribution is -1.97. The van der Waals surface area contributed by atoms with E-state index in [-0.39, 0.29) is 0 Å². The maximum Gasteiger partial charge on any atom is 0.130 e. The third kappa shape index (κ3) is 2.64. The van der Waals surface area contributed by atoms with Crippen molar-refractivity contribution in [1.82, 2.24) is 9.97 Å². The van der Waals surface area contributed by atoms with Crippen molar-refractivity contribution in [1.29, 1.82) is 0 Å². The third-order valence-electron chi connectivity index (χ3n) is 2.44. The van der Waals surface area contributed by atoms with Crippen molar-refractivity contribution in [3.63, 3.8) is 0 Å². The van der Waals surface area contributed by atoms with Gasteiger partial charge in [0, 0.05) is 12.0 Å². The molecule has 0 bridgehead atoms. The highest BCUT2D eigenvalue weighted by Crippen LogP contribution is 2.29. The van der Waals surface area contributed by atoms with Gasteiger partial charge in [-0.25, -0.2) is 9.97 Å². The van der Waals surface area contributed by atoms with Gasteiger partial charge >= 0.3 is 0 Å². The van der Waals surface area contributed by atoms with Crippen LogP contribution in [0.25, 0.3) is 11.3 Å². The second kappa shape index (κ2) is 5.27. The van der Waals surface area contributed by atoms with Crippen molar-refractivity contribution >= 4 is 15.9 Å². The number of benzene rings is 1. The van der Waals surface area contributed by atoms with Crippen LogP contribution in [0.3, 0.4) is 0 Å². The molecule has 2 aromatic rings. The number of methoxy groups -OCH3 is 1. The Morgan fingerprint density at radius 3 is 2.71 bits per heavy atom. The monoisotopic (exact) mass is 292 g/mol. The Hall–Kier alpha value is -1.42. The first kappa shape index (κ1) is 12.0. The first-order chi connectivity index (χ1) is 8.24. The predicted molar refractivity (Wildman–Crippen MR) is 71.1 cm³/mol. The summed E-state index contributed by atoms with van der Waals surface area (Å²) in [6, 6.07) is 9.74. The minimum absolute atomic E-state index is 0.797. The van der Waals surface area contributed by atoms with Gasteiger partial charge in [-0.15, -0.1) is 0 Å². The van der Waals surface area contributed by atoms with Crippen molar-refractivity contribution in [2.24, 2.45) is 0 Å². The Balaban J connectivity index is 2.55. The molecule has 0 amide bonds. The molecule has 1 aromatic carbocycles. The molecule has 1 aromatic heterocycles. The van der Waals surface area contributed by atoms with Gasteiger partial charge in [0.05, 0.1) is 12.8 Å². The number of ether oxygens (including phenoxy) is 1. The fraction of sp³-hybridized carbons (Fsp3) is 0.231. The van der Waals surface area contributed by atoms with Crippen LogP contribution in [0.1, 0.15) is 12.7 Å². The van der Waals surface area contributed by atoms with Crippen LogP contribution in [0.4, 0.5) is 0 Å². The number of hydrogen-bond donors (Lipinski definition) is 0. The average molecular weight is 293 g/mol. The van der Waals surface area contributed by atoms with Crippen LogP contribution in [-0.2, 0) is 6.42 Å². The van der Waals surface area contributed by atoms with Crippen molar-refractivity contribution in [3.8, 4) is 17.0 Å². The van der Waals surface area contributed by atoms with Crippen LogP contribution in [0.5, 0.6) is 5.75 Å². The van der Waals surface area contributed by atoms with Gasteiger partial charge < -0.3 is 4.74 Å². The Kier molecular flexibility index (Phi) is 3.74. The van der Waals surface area contributed by atoms with Crippen LogP contribution < -0.4 is 4.74 Å². The predicted octanol–water partition coefficient (Wildman–Crippen LogP) is 3.48. The van der Waals surface area contributed by atoms with Crippen molar-refractivity contribution in [2.45, 2.75) is 13.3 Å². The Labute approximate surface area is 109 Å². The summed E-state index contributed by atoms with van der Waals surface area (Å²) in [6.07, 6.45) is 0.807. The number of rotatable bonds is 3. The molecule has 4 heteroatoms. The molecule has 0 aliphatic rings. The van der Waals surface area contributed by atoms with E-state index in [1.807, 2.05) is 37.3 Å². The van der Waals surface area contributed by atoms with E-state index in [2.05, 4.69) is 25.9 Å². The normalized spacial score (nSPS) is 10.3. The van der Waals surface area contributed by atoms with Crippen LogP contribution in [-0.4, -0.2) is 17.1 Å². The van der Waals surface area contributed by atoms with E-state index in [1.54, 1.807) is 7.11 Å². The lowest BCUT2D eigenvalue weighted by atomic mass is 10.1. The largest absolute Gasteiger partial charge is 0.496 e. The summed E-state index contributed by atoms with van der Waals surface area (Å²) >= 11 is 3.41. The molecule has 0 aliphatic heterocycles. The molecular formula is C13H13BrN2O. The van der Waals surface area contributed by atoms with E-state index < -0.39 is 0 Å².